The van der Waals surface area contributed by atoms with Crippen LogP contribution < -0.4 is 0 Å². The van der Waals surface area contributed by atoms with Crippen LogP contribution in [0.4, 0.5) is 13.2 Å². The van der Waals surface area contributed by atoms with E-state index in [1.165, 1.54) is 6.92 Å². The van der Waals surface area contributed by atoms with E-state index in [1.807, 2.05) is 26.8 Å². The molecule has 3 aromatic rings. The van der Waals surface area contributed by atoms with Crippen LogP contribution in [0.15, 0.2) is 23.1 Å². The molecule has 0 N–H and O–H groups in total. The predicted molar refractivity (Wildman–Crippen MR) is 104 cm³/mol. The van der Waals surface area contributed by atoms with Gasteiger partial charge in [0.1, 0.15) is 16.5 Å². The third-order valence-corrected chi connectivity index (χ3v) is 4.79. The van der Waals surface area contributed by atoms with Crippen molar-refractivity contribution in [1.82, 2.24) is 19.5 Å². The van der Waals surface area contributed by atoms with Gasteiger partial charge >= 0.3 is 6.18 Å². The molecule has 0 aliphatic heterocycles. The number of alkyl halides is 3. The molecule has 146 valence electrons. The Morgan fingerprint density at radius 1 is 1.15 bits per heavy atom. The Morgan fingerprint density at radius 2 is 1.81 bits per heavy atom. The summed E-state index contributed by atoms with van der Waals surface area (Å²) in [7, 11) is 1.73. The molecule has 0 saturated heterocycles. The van der Waals surface area contributed by atoms with Crippen LogP contribution in [0.3, 0.4) is 0 Å². The Hall–Kier alpha value is -1.80. The number of pyridine rings is 2. The second kappa shape index (κ2) is 8.48. The third-order valence-electron chi connectivity index (χ3n) is 3.65. The maximum absolute atomic E-state index is 13.0. The number of halogens is 4. The first kappa shape index (κ1) is 21.5. The quantitative estimate of drug-likeness (QED) is 0.379. The van der Waals surface area contributed by atoms with Crippen molar-refractivity contribution in [3.8, 4) is 11.5 Å². The molecule has 3 rings (SSSR count). The van der Waals surface area contributed by atoms with Crippen molar-refractivity contribution in [2.75, 3.05) is 5.75 Å². The molecule has 0 bridgehead atoms. The van der Waals surface area contributed by atoms with E-state index in [1.54, 1.807) is 29.4 Å². The number of hydrogen-bond acceptors (Lipinski definition) is 4. The molecule has 27 heavy (non-hydrogen) atoms. The SMILES string of the molecule is CC.CCSc1ccc(Cl)nc1-c1nc2cc(C(F)(F)F)nc(C)c2n1C. The average Bonchev–Trinajstić information content (AvgIpc) is 2.95. The smallest absolute Gasteiger partial charge is 0.324 e. The molecular formula is C18H20ClF3N4S. The van der Waals surface area contributed by atoms with Gasteiger partial charge in [0, 0.05) is 11.9 Å². The van der Waals surface area contributed by atoms with Gasteiger partial charge in [0.2, 0.25) is 0 Å². The van der Waals surface area contributed by atoms with E-state index in [9.17, 15) is 13.2 Å². The van der Waals surface area contributed by atoms with Gasteiger partial charge in [-0.05, 0) is 30.9 Å². The van der Waals surface area contributed by atoms with Crippen molar-refractivity contribution >= 4 is 34.4 Å². The molecule has 0 radical (unpaired) electrons. The van der Waals surface area contributed by atoms with Crippen molar-refractivity contribution in [2.24, 2.45) is 7.05 Å². The highest BCUT2D eigenvalue weighted by Gasteiger charge is 2.34. The van der Waals surface area contributed by atoms with Crippen LogP contribution in [-0.4, -0.2) is 25.3 Å². The van der Waals surface area contributed by atoms with Crippen LogP contribution in [-0.2, 0) is 13.2 Å². The number of hydrogen-bond donors (Lipinski definition) is 0. The fourth-order valence-corrected chi connectivity index (χ4v) is 3.55. The molecular weight excluding hydrogens is 397 g/mol. The largest absolute Gasteiger partial charge is 0.433 e. The monoisotopic (exact) mass is 416 g/mol. The Kier molecular flexibility index (Phi) is 6.75. The van der Waals surface area contributed by atoms with Crippen molar-refractivity contribution in [2.45, 2.75) is 38.8 Å². The van der Waals surface area contributed by atoms with Crippen molar-refractivity contribution in [1.29, 1.82) is 0 Å². The molecule has 0 atom stereocenters. The zero-order valence-electron chi connectivity index (χ0n) is 15.6. The van der Waals surface area contributed by atoms with Crippen molar-refractivity contribution in [3.63, 3.8) is 0 Å². The summed E-state index contributed by atoms with van der Waals surface area (Å²) in [5, 5.41) is 0.299. The lowest BCUT2D eigenvalue weighted by molar-refractivity contribution is -0.141. The van der Waals surface area contributed by atoms with Gasteiger partial charge in [-0.3, -0.25) is 0 Å². The van der Waals surface area contributed by atoms with Crippen LogP contribution in [0, 0.1) is 6.92 Å². The second-order valence-electron chi connectivity index (χ2n) is 5.37. The number of nitrogens with zero attached hydrogens (tertiary/aromatic N) is 4. The van der Waals surface area contributed by atoms with E-state index in [0.29, 0.717) is 22.2 Å². The zero-order valence-corrected chi connectivity index (χ0v) is 17.2. The van der Waals surface area contributed by atoms with Gasteiger partial charge in [0.25, 0.3) is 0 Å². The maximum atomic E-state index is 13.0. The molecule has 9 heteroatoms. The Labute approximate surface area is 165 Å². The van der Waals surface area contributed by atoms with Crippen LogP contribution >= 0.6 is 23.4 Å². The van der Waals surface area contributed by atoms with E-state index in [0.717, 1.165) is 16.7 Å². The topological polar surface area (TPSA) is 43.6 Å². The fourth-order valence-electron chi connectivity index (χ4n) is 2.66. The summed E-state index contributed by atoms with van der Waals surface area (Å²) in [6.45, 7) is 7.54. The van der Waals surface area contributed by atoms with Crippen LogP contribution in [0.5, 0.6) is 0 Å². The second-order valence-corrected chi connectivity index (χ2v) is 7.06. The van der Waals surface area contributed by atoms with E-state index in [-0.39, 0.29) is 11.2 Å². The molecule has 0 saturated carbocycles. The van der Waals surface area contributed by atoms with Gasteiger partial charge in [0.05, 0.1) is 16.7 Å². The number of thioether (sulfide) groups is 1. The minimum Gasteiger partial charge on any atom is -0.324 e. The summed E-state index contributed by atoms with van der Waals surface area (Å²) in [5.41, 5.74) is 0.622. The molecule has 0 aromatic carbocycles. The molecule has 0 spiro atoms. The van der Waals surface area contributed by atoms with Gasteiger partial charge in [-0.2, -0.15) is 13.2 Å². The summed E-state index contributed by atoms with van der Waals surface area (Å²) in [6.07, 6.45) is -4.52. The summed E-state index contributed by atoms with van der Waals surface area (Å²) < 4.78 is 40.7. The molecule has 3 aromatic heterocycles. The minimum atomic E-state index is -4.52. The maximum Gasteiger partial charge on any atom is 0.433 e. The minimum absolute atomic E-state index is 0.228. The molecule has 0 aliphatic rings. The van der Waals surface area contributed by atoms with Gasteiger partial charge in [0.15, 0.2) is 5.82 Å². The predicted octanol–water partition coefficient (Wildman–Crippen LogP) is 6.15. The first-order valence-corrected chi connectivity index (χ1v) is 9.79. The first-order chi connectivity index (χ1) is 12.7. The van der Waals surface area contributed by atoms with Crippen molar-refractivity contribution in [3.05, 3.63) is 34.7 Å². The molecule has 0 unspecified atom stereocenters. The molecule has 3 heterocycles. The molecule has 4 nitrogen and oxygen atoms in total. The number of aromatic nitrogens is 4. The highest BCUT2D eigenvalue weighted by atomic mass is 35.5. The Bertz CT molecular complexity index is 954. The van der Waals surface area contributed by atoms with Gasteiger partial charge in [-0.15, -0.1) is 11.8 Å². The van der Waals surface area contributed by atoms with Crippen LogP contribution in [0.2, 0.25) is 5.15 Å². The summed E-state index contributed by atoms with van der Waals surface area (Å²) in [6, 6.07) is 4.48. The van der Waals surface area contributed by atoms with E-state index in [2.05, 4.69) is 15.0 Å². The van der Waals surface area contributed by atoms with Crippen molar-refractivity contribution < 1.29 is 13.2 Å². The summed E-state index contributed by atoms with van der Waals surface area (Å²) in [4.78, 5) is 13.3. The lowest BCUT2D eigenvalue weighted by atomic mass is 10.2. The van der Waals surface area contributed by atoms with Gasteiger partial charge < -0.3 is 4.57 Å². The molecule has 0 fully saturated rings. The lowest BCUT2D eigenvalue weighted by Crippen LogP contribution is -2.09. The average molecular weight is 417 g/mol. The summed E-state index contributed by atoms with van der Waals surface area (Å²) in [5.74, 6) is 1.27. The highest BCUT2D eigenvalue weighted by Crippen LogP contribution is 2.35. The highest BCUT2D eigenvalue weighted by molar-refractivity contribution is 7.99. The number of imidazole rings is 1. The van der Waals surface area contributed by atoms with E-state index < -0.39 is 11.9 Å². The number of fused-ring (bicyclic) bond motifs is 1. The van der Waals surface area contributed by atoms with E-state index in [4.69, 9.17) is 11.6 Å². The fraction of sp³-hybridized carbons (Fsp3) is 0.389. The molecule has 0 amide bonds. The number of rotatable bonds is 3. The summed E-state index contributed by atoms with van der Waals surface area (Å²) >= 11 is 7.58. The van der Waals surface area contributed by atoms with Crippen LogP contribution in [0.1, 0.15) is 32.2 Å². The van der Waals surface area contributed by atoms with E-state index >= 15 is 0 Å². The van der Waals surface area contributed by atoms with Gasteiger partial charge in [-0.25, -0.2) is 15.0 Å². The number of aryl methyl sites for hydroxylation is 2. The standard InChI is InChI=1S/C16H14ClF3N4S.C2H6/c1-4-25-10-5-6-12(17)23-13(10)15-22-9-7-11(16(18,19)20)21-8(2)14(9)24(15)3;1-2/h5-7H,4H2,1-3H3;1-2H3. The third kappa shape index (κ3) is 4.38. The Balaban J connectivity index is 0.00000126. The van der Waals surface area contributed by atoms with Gasteiger partial charge in [-0.1, -0.05) is 32.4 Å². The first-order valence-electron chi connectivity index (χ1n) is 8.43. The lowest BCUT2D eigenvalue weighted by Gasteiger charge is -2.09. The Morgan fingerprint density at radius 3 is 2.41 bits per heavy atom. The normalized spacial score (nSPS) is 11.4. The zero-order chi connectivity index (χ0) is 20.4. The molecule has 0 aliphatic carbocycles. The van der Waals surface area contributed by atoms with Crippen LogP contribution in [0.25, 0.3) is 22.6 Å².